The SMILES string of the molecule is CN(Cc1ccccc1)S(=O)(=O)c1ccc(-c2ccc(C=O)o2)cc1. The molecular formula is C19H17NO4S. The van der Waals surface area contributed by atoms with Crippen LogP contribution in [0.2, 0.25) is 0 Å². The van der Waals surface area contributed by atoms with E-state index in [1.54, 1.807) is 31.3 Å². The summed E-state index contributed by atoms with van der Waals surface area (Å²) < 4.78 is 32.0. The minimum atomic E-state index is -3.59. The Bertz CT molecular complexity index is 960. The van der Waals surface area contributed by atoms with E-state index >= 15 is 0 Å². The minimum Gasteiger partial charge on any atom is -0.453 e. The molecule has 6 heteroatoms. The van der Waals surface area contributed by atoms with Crippen LogP contribution >= 0.6 is 0 Å². The molecule has 25 heavy (non-hydrogen) atoms. The lowest BCUT2D eigenvalue weighted by molar-refractivity contribution is 0.110. The van der Waals surface area contributed by atoms with Crippen LogP contribution in [0.4, 0.5) is 0 Å². The molecule has 0 spiro atoms. The van der Waals surface area contributed by atoms with E-state index in [9.17, 15) is 13.2 Å². The summed E-state index contributed by atoms with van der Waals surface area (Å²) >= 11 is 0. The van der Waals surface area contributed by atoms with Crippen molar-refractivity contribution in [2.45, 2.75) is 11.4 Å². The van der Waals surface area contributed by atoms with Gasteiger partial charge in [0, 0.05) is 19.2 Å². The maximum absolute atomic E-state index is 12.7. The molecule has 0 aliphatic heterocycles. The van der Waals surface area contributed by atoms with E-state index in [1.807, 2.05) is 30.3 Å². The first-order valence-corrected chi connectivity index (χ1v) is 9.10. The lowest BCUT2D eigenvalue weighted by Gasteiger charge is -2.17. The van der Waals surface area contributed by atoms with Crippen LogP contribution in [0.15, 0.2) is 76.0 Å². The zero-order valence-corrected chi connectivity index (χ0v) is 14.4. The van der Waals surface area contributed by atoms with Crippen molar-refractivity contribution in [1.82, 2.24) is 4.31 Å². The second-order valence-corrected chi connectivity index (χ2v) is 7.64. The molecule has 128 valence electrons. The van der Waals surface area contributed by atoms with E-state index in [0.717, 1.165) is 5.56 Å². The topological polar surface area (TPSA) is 67.6 Å². The summed E-state index contributed by atoms with van der Waals surface area (Å²) in [5, 5.41) is 0. The Kier molecular flexibility index (Phi) is 4.83. The van der Waals surface area contributed by atoms with Crippen molar-refractivity contribution >= 4 is 16.3 Å². The van der Waals surface area contributed by atoms with E-state index in [-0.39, 0.29) is 10.7 Å². The van der Waals surface area contributed by atoms with Crippen LogP contribution in [0.5, 0.6) is 0 Å². The summed E-state index contributed by atoms with van der Waals surface area (Å²) in [6, 6.07) is 19.1. The molecule has 0 aliphatic rings. The van der Waals surface area contributed by atoms with Gasteiger partial charge in [-0.05, 0) is 42.0 Å². The largest absolute Gasteiger partial charge is 0.453 e. The highest BCUT2D eigenvalue weighted by Crippen LogP contribution is 2.24. The van der Waals surface area contributed by atoms with Gasteiger partial charge in [0.25, 0.3) is 0 Å². The molecule has 0 unspecified atom stereocenters. The molecule has 0 fully saturated rings. The summed E-state index contributed by atoms with van der Waals surface area (Å²) in [5.41, 5.74) is 1.62. The molecule has 5 nitrogen and oxygen atoms in total. The molecule has 0 atom stereocenters. The van der Waals surface area contributed by atoms with Crippen molar-refractivity contribution in [2.75, 3.05) is 7.05 Å². The summed E-state index contributed by atoms with van der Waals surface area (Å²) in [4.78, 5) is 10.9. The second-order valence-electron chi connectivity index (χ2n) is 5.59. The molecule has 0 N–H and O–H groups in total. The number of benzene rings is 2. The fraction of sp³-hybridized carbons (Fsp3) is 0.105. The van der Waals surface area contributed by atoms with Gasteiger partial charge in [0.05, 0.1) is 4.90 Å². The van der Waals surface area contributed by atoms with Gasteiger partial charge >= 0.3 is 0 Å². The monoisotopic (exact) mass is 355 g/mol. The Morgan fingerprint density at radius 2 is 1.64 bits per heavy atom. The smallest absolute Gasteiger partial charge is 0.243 e. The predicted octanol–water partition coefficient (Wildman–Crippen LogP) is 3.58. The number of hydrogen-bond acceptors (Lipinski definition) is 4. The number of sulfonamides is 1. The summed E-state index contributed by atoms with van der Waals surface area (Å²) in [7, 11) is -2.03. The summed E-state index contributed by atoms with van der Waals surface area (Å²) in [6.45, 7) is 0.297. The zero-order chi connectivity index (χ0) is 17.9. The first kappa shape index (κ1) is 17.1. The van der Waals surface area contributed by atoms with E-state index in [0.29, 0.717) is 24.2 Å². The van der Waals surface area contributed by atoms with Crippen molar-refractivity contribution in [3.63, 3.8) is 0 Å². The fourth-order valence-corrected chi connectivity index (χ4v) is 3.63. The van der Waals surface area contributed by atoms with E-state index in [1.165, 1.54) is 16.4 Å². The molecular weight excluding hydrogens is 338 g/mol. The van der Waals surface area contributed by atoms with Crippen molar-refractivity contribution in [1.29, 1.82) is 0 Å². The molecule has 0 aliphatic carbocycles. The molecule has 0 saturated carbocycles. The van der Waals surface area contributed by atoms with Crippen LogP contribution in [0, 0.1) is 0 Å². The Labute approximate surface area is 146 Å². The lowest BCUT2D eigenvalue weighted by atomic mass is 10.2. The Balaban J connectivity index is 1.81. The highest BCUT2D eigenvalue weighted by atomic mass is 32.2. The summed E-state index contributed by atoms with van der Waals surface area (Å²) in [5.74, 6) is 0.748. The quantitative estimate of drug-likeness (QED) is 0.634. The van der Waals surface area contributed by atoms with Crippen molar-refractivity contribution < 1.29 is 17.6 Å². The number of carbonyl (C=O) groups excluding carboxylic acids is 1. The normalized spacial score (nSPS) is 11.6. The molecule has 0 bridgehead atoms. The number of hydrogen-bond donors (Lipinski definition) is 0. The first-order valence-electron chi connectivity index (χ1n) is 7.66. The number of aldehydes is 1. The van der Waals surface area contributed by atoms with Crippen LogP contribution in [0.25, 0.3) is 11.3 Å². The standard InChI is InChI=1S/C19H17NO4S/c1-20(13-15-5-3-2-4-6-15)25(22,23)18-10-7-16(8-11-18)19-12-9-17(14-21)24-19/h2-12,14H,13H2,1H3. The third kappa shape index (κ3) is 3.70. The third-order valence-corrected chi connectivity index (χ3v) is 5.66. The van der Waals surface area contributed by atoms with Gasteiger partial charge in [0.2, 0.25) is 10.0 Å². The number of rotatable bonds is 6. The Morgan fingerprint density at radius 1 is 0.960 bits per heavy atom. The van der Waals surface area contributed by atoms with Gasteiger partial charge < -0.3 is 4.42 Å². The van der Waals surface area contributed by atoms with Gasteiger partial charge in [-0.3, -0.25) is 4.79 Å². The van der Waals surface area contributed by atoms with Crippen LogP contribution in [0.3, 0.4) is 0 Å². The van der Waals surface area contributed by atoms with Crippen molar-refractivity contribution in [3.8, 4) is 11.3 Å². The highest BCUT2D eigenvalue weighted by molar-refractivity contribution is 7.89. The third-order valence-electron chi connectivity index (χ3n) is 3.84. The van der Waals surface area contributed by atoms with Crippen LogP contribution in [0.1, 0.15) is 16.1 Å². The average Bonchev–Trinajstić information content (AvgIpc) is 3.12. The Hall–Kier alpha value is -2.70. The van der Waals surface area contributed by atoms with Crippen LogP contribution < -0.4 is 0 Å². The van der Waals surface area contributed by atoms with E-state index in [4.69, 9.17) is 4.42 Å². The maximum atomic E-state index is 12.7. The van der Waals surface area contributed by atoms with Gasteiger partial charge in [-0.15, -0.1) is 0 Å². The zero-order valence-electron chi connectivity index (χ0n) is 13.6. The lowest BCUT2D eigenvalue weighted by Crippen LogP contribution is -2.26. The molecule has 1 aromatic heterocycles. The van der Waals surface area contributed by atoms with Gasteiger partial charge in [0.1, 0.15) is 5.76 Å². The molecule has 3 aromatic rings. The number of nitrogens with zero attached hydrogens (tertiary/aromatic N) is 1. The van der Waals surface area contributed by atoms with Crippen LogP contribution in [-0.4, -0.2) is 26.1 Å². The molecule has 0 radical (unpaired) electrons. The molecule has 0 saturated heterocycles. The molecule has 2 aromatic carbocycles. The van der Waals surface area contributed by atoms with Gasteiger partial charge in [-0.2, -0.15) is 4.31 Å². The Morgan fingerprint density at radius 3 is 2.24 bits per heavy atom. The van der Waals surface area contributed by atoms with Crippen LogP contribution in [-0.2, 0) is 16.6 Å². The van der Waals surface area contributed by atoms with Gasteiger partial charge in [-0.25, -0.2) is 8.42 Å². The minimum absolute atomic E-state index is 0.205. The van der Waals surface area contributed by atoms with Crippen molar-refractivity contribution in [2.24, 2.45) is 0 Å². The number of furan rings is 1. The van der Waals surface area contributed by atoms with Gasteiger partial charge in [0.15, 0.2) is 12.0 Å². The summed E-state index contributed by atoms with van der Waals surface area (Å²) in [6.07, 6.45) is 0.626. The van der Waals surface area contributed by atoms with Gasteiger partial charge in [-0.1, -0.05) is 30.3 Å². The average molecular weight is 355 g/mol. The molecule has 1 heterocycles. The maximum Gasteiger partial charge on any atom is 0.243 e. The van der Waals surface area contributed by atoms with E-state index in [2.05, 4.69) is 0 Å². The highest BCUT2D eigenvalue weighted by Gasteiger charge is 2.21. The van der Waals surface area contributed by atoms with Crippen molar-refractivity contribution in [3.05, 3.63) is 78.1 Å². The number of carbonyl (C=O) groups is 1. The fourth-order valence-electron chi connectivity index (χ4n) is 2.47. The second kappa shape index (κ2) is 7.04. The molecule has 3 rings (SSSR count). The van der Waals surface area contributed by atoms with E-state index < -0.39 is 10.0 Å². The first-order chi connectivity index (χ1) is 12.0. The predicted molar refractivity (Wildman–Crippen MR) is 94.6 cm³/mol. The molecule has 0 amide bonds.